The summed E-state index contributed by atoms with van der Waals surface area (Å²) < 4.78 is 22.9. The highest BCUT2D eigenvalue weighted by Crippen LogP contribution is 2.18. The van der Waals surface area contributed by atoms with Crippen LogP contribution in [0.3, 0.4) is 0 Å². The largest absolute Gasteiger partial charge is 0.352 e. The van der Waals surface area contributed by atoms with Crippen molar-refractivity contribution >= 4 is 31.9 Å². The quantitative estimate of drug-likeness (QED) is 0.630. The molecule has 98 valence electrons. The van der Waals surface area contributed by atoms with Crippen LogP contribution in [0.1, 0.15) is 16.8 Å². The van der Waals surface area contributed by atoms with Gasteiger partial charge in [0.1, 0.15) is 0 Å². The number of benzene rings is 1. The molecule has 0 fully saturated rings. The molecule has 0 aliphatic rings. The molecule has 0 saturated carbocycles. The molecular formula is C11H13BrN2O3S. The van der Waals surface area contributed by atoms with Gasteiger partial charge in [0.15, 0.2) is 0 Å². The lowest BCUT2D eigenvalue weighted by atomic mass is 10.2. The standard InChI is InChI=1S/C11H13BrN2O3S/c1-2-3-4-14-11(15)8-5-9(12)7-10(6-8)18(13,16)17/h2,5-7H,1,3-4H2,(H,14,15)(H2,13,16,17). The van der Waals surface area contributed by atoms with Crippen molar-refractivity contribution in [3.05, 3.63) is 40.9 Å². The molecule has 3 N–H and O–H groups in total. The zero-order chi connectivity index (χ0) is 13.8. The summed E-state index contributed by atoms with van der Waals surface area (Å²) >= 11 is 3.14. The van der Waals surface area contributed by atoms with E-state index in [1.165, 1.54) is 18.2 Å². The van der Waals surface area contributed by atoms with E-state index in [4.69, 9.17) is 5.14 Å². The lowest BCUT2D eigenvalue weighted by molar-refractivity contribution is 0.0954. The van der Waals surface area contributed by atoms with Gasteiger partial charge in [-0.3, -0.25) is 4.79 Å². The molecule has 1 amide bonds. The number of nitrogens with two attached hydrogens (primary N) is 1. The predicted octanol–water partition coefficient (Wildman–Crippen LogP) is 1.40. The van der Waals surface area contributed by atoms with E-state index in [-0.39, 0.29) is 16.4 Å². The fourth-order valence-corrected chi connectivity index (χ4v) is 2.48. The van der Waals surface area contributed by atoms with Gasteiger partial charge in [0.05, 0.1) is 4.90 Å². The maximum absolute atomic E-state index is 11.7. The van der Waals surface area contributed by atoms with Crippen LogP contribution in [0.25, 0.3) is 0 Å². The lowest BCUT2D eigenvalue weighted by Crippen LogP contribution is -2.24. The van der Waals surface area contributed by atoms with E-state index in [0.29, 0.717) is 17.4 Å². The molecule has 5 nitrogen and oxygen atoms in total. The number of nitrogens with one attached hydrogen (secondary N) is 1. The van der Waals surface area contributed by atoms with Gasteiger partial charge in [-0.05, 0) is 24.6 Å². The molecule has 1 rings (SSSR count). The Morgan fingerprint density at radius 1 is 1.44 bits per heavy atom. The molecule has 0 saturated heterocycles. The van der Waals surface area contributed by atoms with Crippen LogP contribution in [0, 0.1) is 0 Å². The second kappa shape index (κ2) is 6.12. The number of primary sulfonamides is 1. The van der Waals surface area contributed by atoms with Crippen LogP contribution in [0.5, 0.6) is 0 Å². The van der Waals surface area contributed by atoms with Gasteiger partial charge >= 0.3 is 0 Å². The molecular weight excluding hydrogens is 320 g/mol. The van der Waals surface area contributed by atoms with Crippen molar-refractivity contribution in [2.45, 2.75) is 11.3 Å². The number of halogens is 1. The van der Waals surface area contributed by atoms with Gasteiger partial charge in [0.2, 0.25) is 10.0 Å². The molecule has 0 radical (unpaired) electrons. The van der Waals surface area contributed by atoms with Crippen LogP contribution in [0.4, 0.5) is 0 Å². The Morgan fingerprint density at radius 3 is 2.67 bits per heavy atom. The zero-order valence-corrected chi connectivity index (χ0v) is 11.9. The van der Waals surface area contributed by atoms with Crippen molar-refractivity contribution in [3.8, 4) is 0 Å². The highest BCUT2D eigenvalue weighted by Gasteiger charge is 2.13. The first kappa shape index (κ1) is 14.9. The Labute approximate surface area is 114 Å². The van der Waals surface area contributed by atoms with Crippen molar-refractivity contribution in [1.82, 2.24) is 5.32 Å². The average Bonchev–Trinajstić information content (AvgIpc) is 2.27. The van der Waals surface area contributed by atoms with Crippen molar-refractivity contribution in [2.75, 3.05) is 6.54 Å². The maximum Gasteiger partial charge on any atom is 0.251 e. The van der Waals surface area contributed by atoms with E-state index in [2.05, 4.69) is 27.8 Å². The summed E-state index contributed by atoms with van der Waals surface area (Å²) in [6, 6.07) is 4.11. The number of sulfonamides is 1. The van der Waals surface area contributed by atoms with Gasteiger partial charge in [-0.15, -0.1) is 6.58 Å². The first-order valence-electron chi connectivity index (χ1n) is 5.07. The van der Waals surface area contributed by atoms with E-state index in [1.807, 2.05) is 0 Å². The normalized spacial score (nSPS) is 11.0. The molecule has 0 heterocycles. The lowest BCUT2D eigenvalue weighted by Gasteiger charge is -2.06. The fraction of sp³-hybridized carbons (Fsp3) is 0.182. The van der Waals surface area contributed by atoms with Crippen LogP contribution < -0.4 is 10.5 Å². The molecule has 18 heavy (non-hydrogen) atoms. The Hall–Kier alpha value is -1.18. The number of carbonyl (C=O) groups is 1. The molecule has 1 aromatic rings. The van der Waals surface area contributed by atoms with Crippen LogP contribution >= 0.6 is 15.9 Å². The van der Waals surface area contributed by atoms with Crippen molar-refractivity contribution in [3.63, 3.8) is 0 Å². The number of hydrogen-bond donors (Lipinski definition) is 2. The van der Waals surface area contributed by atoms with E-state index in [0.717, 1.165) is 0 Å². The Bertz CT molecular complexity index is 570. The highest BCUT2D eigenvalue weighted by atomic mass is 79.9. The second-order valence-electron chi connectivity index (χ2n) is 3.55. The van der Waals surface area contributed by atoms with Gasteiger partial charge < -0.3 is 5.32 Å². The molecule has 1 aromatic carbocycles. The molecule has 7 heteroatoms. The minimum Gasteiger partial charge on any atom is -0.352 e. The van der Waals surface area contributed by atoms with Gasteiger partial charge in [-0.25, -0.2) is 13.6 Å². The molecule has 0 aliphatic carbocycles. The molecule has 0 atom stereocenters. The summed E-state index contributed by atoms with van der Waals surface area (Å²) in [5.41, 5.74) is 0.234. The summed E-state index contributed by atoms with van der Waals surface area (Å²) in [6.45, 7) is 3.98. The number of hydrogen-bond acceptors (Lipinski definition) is 3. The van der Waals surface area contributed by atoms with Crippen molar-refractivity contribution < 1.29 is 13.2 Å². The number of rotatable bonds is 5. The summed E-state index contributed by atoms with van der Waals surface area (Å²) in [4.78, 5) is 11.6. The first-order valence-corrected chi connectivity index (χ1v) is 7.41. The van der Waals surface area contributed by atoms with Gasteiger partial charge in [0, 0.05) is 16.6 Å². The van der Waals surface area contributed by atoms with Crippen LogP contribution in [-0.4, -0.2) is 20.9 Å². The summed E-state index contributed by atoms with van der Waals surface area (Å²) in [6.07, 6.45) is 2.32. The van der Waals surface area contributed by atoms with E-state index in [1.54, 1.807) is 6.08 Å². The Balaban J connectivity index is 2.99. The number of carbonyl (C=O) groups excluding carboxylic acids is 1. The Kier molecular flexibility index (Phi) is 5.06. The smallest absolute Gasteiger partial charge is 0.251 e. The van der Waals surface area contributed by atoms with Crippen LogP contribution in [0.15, 0.2) is 40.2 Å². The van der Waals surface area contributed by atoms with Crippen molar-refractivity contribution in [2.24, 2.45) is 5.14 Å². The maximum atomic E-state index is 11.7. The van der Waals surface area contributed by atoms with Crippen LogP contribution in [-0.2, 0) is 10.0 Å². The molecule has 0 bridgehead atoms. The third-order valence-electron chi connectivity index (χ3n) is 2.10. The average molecular weight is 333 g/mol. The van der Waals surface area contributed by atoms with Gasteiger partial charge in [-0.1, -0.05) is 22.0 Å². The summed E-state index contributed by atoms with van der Waals surface area (Å²) in [5, 5.41) is 7.66. The predicted molar refractivity (Wildman–Crippen MR) is 72.7 cm³/mol. The van der Waals surface area contributed by atoms with Gasteiger partial charge in [-0.2, -0.15) is 0 Å². The minimum absolute atomic E-state index is 0.106. The van der Waals surface area contributed by atoms with E-state index in [9.17, 15) is 13.2 Å². The third-order valence-corrected chi connectivity index (χ3v) is 3.45. The molecule has 0 unspecified atom stereocenters. The topological polar surface area (TPSA) is 89.3 Å². The minimum atomic E-state index is -3.83. The molecule has 0 aliphatic heterocycles. The molecule has 0 aromatic heterocycles. The second-order valence-corrected chi connectivity index (χ2v) is 6.03. The van der Waals surface area contributed by atoms with Crippen LogP contribution in [0.2, 0.25) is 0 Å². The first-order chi connectivity index (χ1) is 8.34. The third kappa shape index (κ3) is 4.25. The fourth-order valence-electron chi connectivity index (χ4n) is 1.25. The summed E-state index contributed by atoms with van der Waals surface area (Å²) in [5.74, 6) is -0.358. The monoisotopic (exact) mass is 332 g/mol. The highest BCUT2D eigenvalue weighted by molar-refractivity contribution is 9.10. The van der Waals surface area contributed by atoms with E-state index < -0.39 is 10.0 Å². The summed E-state index contributed by atoms with van der Waals surface area (Å²) in [7, 11) is -3.83. The SMILES string of the molecule is C=CCCNC(=O)c1cc(Br)cc(S(N)(=O)=O)c1. The number of amides is 1. The molecule has 0 spiro atoms. The van der Waals surface area contributed by atoms with Gasteiger partial charge in [0.25, 0.3) is 5.91 Å². The van der Waals surface area contributed by atoms with Crippen molar-refractivity contribution in [1.29, 1.82) is 0 Å². The zero-order valence-electron chi connectivity index (χ0n) is 9.52. The van der Waals surface area contributed by atoms with E-state index >= 15 is 0 Å². The Morgan fingerprint density at radius 2 is 2.11 bits per heavy atom.